The maximum Gasteiger partial charge on any atom is 0.251 e. The third-order valence-electron chi connectivity index (χ3n) is 1.55. The molecule has 0 aliphatic carbocycles. The average Bonchev–Trinajstić information content (AvgIpc) is 1.99. The lowest BCUT2D eigenvalue weighted by molar-refractivity contribution is 0.794. The number of hydrogen-bond acceptors (Lipinski definition) is 3. The highest BCUT2D eigenvalue weighted by Gasteiger charge is 1.96. The molecule has 12 heavy (non-hydrogen) atoms. The Bertz CT molecular complexity index is 305. The lowest BCUT2D eigenvalue weighted by atomic mass is 10.2. The van der Waals surface area contributed by atoms with Crippen LogP contribution in [0.2, 0.25) is 0 Å². The molecule has 0 atom stereocenters. The molecular formula is C8H13N3O. The molecule has 0 unspecified atom stereocenters. The monoisotopic (exact) mass is 167 g/mol. The van der Waals surface area contributed by atoms with Crippen molar-refractivity contribution in [2.75, 3.05) is 6.54 Å². The van der Waals surface area contributed by atoms with Gasteiger partial charge in [-0.2, -0.15) is 0 Å². The van der Waals surface area contributed by atoms with Gasteiger partial charge in [-0.3, -0.25) is 4.79 Å². The van der Waals surface area contributed by atoms with Crippen molar-refractivity contribution in [2.45, 2.75) is 19.8 Å². The van der Waals surface area contributed by atoms with E-state index in [9.17, 15) is 4.79 Å². The van der Waals surface area contributed by atoms with Gasteiger partial charge < -0.3 is 10.7 Å². The van der Waals surface area contributed by atoms with Crippen LogP contribution < -0.4 is 11.3 Å². The van der Waals surface area contributed by atoms with E-state index in [0.29, 0.717) is 12.4 Å². The Kier molecular flexibility index (Phi) is 2.99. The van der Waals surface area contributed by atoms with Crippen molar-refractivity contribution >= 4 is 0 Å². The Labute approximate surface area is 70.8 Å². The summed E-state index contributed by atoms with van der Waals surface area (Å²) < 4.78 is 0. The van der Waals surface area contributed by atoms with Gasteiger partial charge in [0.25, 0.3) is 5.56 Å². The second kappa shape index (κ2) is 4.01. The van der Waals surface area contributed by atoms with Gasteiger partial charge >= 0.3 is 0 Å². The molecule has 1 aromatic rings. The van der Waals surface area contributed by atoms with E-state index in [1.54, 1.807) is 6.92 Å². The largest absolute Gasteiger partial charge is 0.330 e. The van der Waals surface area contributed by atoms with Crippen molar-refractivity contribution in [2.24, 2.45) is 5.73 Å². The molecule has 0 saturated heterocycles. The van der Waals surface area contributed by atoms with Crippen LogP contribution in [0.15, 0.2) is 10.9 Å². The third-order valence-corrected chi connectivity index (χ3v) is 1.55. The highest BCUT2D eigenvalue weighted by atomic mass is 16.1. The smallest absolute Gasteiger partial charge is 0.251 e. The first-order valence-electron chi connectivity index (χ1n) is 3.99. The topological polar surface area (TPSA) is 71.8 Å². The molecular weight excluding hydrogens is 154 g/mol. The number of hydrogen-bond donors (Lipinski definition) is 2. The molecule has 0 amide bonds. The number of nitrogens with two attached hydrogens (primary N) is 1. The minimum atomic E-state index is -0.0884. The maximum atomic E-state index is 10.9. The van der Waals surface area contributed by atoms with Gasteiger partial charge in [0.2, 0.25) is 0 Å². The molecule has 3 N–H and O–H groups in total. The second-order valence-electron chi connectivity index (χ2n) is 2.71. The lowest BCUT2D eigenvalue weighted by Gasteiger charge is -1.98. The maximum absolute atomic E-state index is 10.9. The van der Waals surface area contributed by atoms with E-state index in [0.717, 1.165) is 18.5 Å². The number of aromatic amines is 1. The van der Waals surface area contributed by atoms with Crippen molar-refractivity contribution in [3.05, 3.63) is 27.9 Å². The summed E-state index contributed by atoms with van der Waals surface area (Å²) >= 11 is 0. The Morgan fingerprint density at radius 1 is 1.67 bits per heavy atom. The van der Waals surface area contributed by atoms with Crippen LogP contribution in [-0.2, 0) is 6.42 Å². The molecule has 0 bridgehead atoms. The molecule has 66 valence electrons. The minimum Gasteiger partial charge on any atom is -0.330 e. The van der Waals surface area contributed by atoms with Gasteiger partial charge in [0, 0.05) is 11.8 Å². The lowest BCUT2D eigenvalue weighted by Crippen LogP contribution is -2.11. The van der Waals surface area contributed by atoms with Crippen molar-refractivity contribution in [3.63, 3.8) is 0 Å². The first-order valence-corrected chi connectivity index (χ1v) is 3.99. The number of nitrogens with zero attached hydrogens (tertiary/aromatic N) is 1. The number of H-pyrrole nitrogens is 1. The molecule has 1 heterocycles. The Balaban J connectivity index is 2.79. The summed E-state index contributed by atoms with van der Waals surface area (Å²) in [5.41, 5.74) is 6.07. The number of aryl methyl sites for hydroxylation is 2. The van der Waals surface area contributed by atoms with Crippen LogP contribution in [0, 0.1) is 6.92 Å². The van der Waals surface area contributed by atoms with Crippen molar-refractivity contribution in [3.8, 4) is 0 Å². The van der Waals surface area contributed by atoms with E-state index < -0.39 is 0 Å². The molecule has 1 rings (SSSR count). The van der Waals surface area contributed by atoms with E-state index in [2.05, 4.69) is 9.97 Å². The number of aromatic nitrogens is 2. The predicted octanol–water partition coefficient (Wildman–Crippen LogP) is -0.0304. The molecule has 0 radical (unpaired) electrons. The van der Waals surface area contributed by atoms with Crippen LogP contribution >= 0.6 is 0 Å². The Morgan fingerprint density at radius 3 is 3.00 bits per heavy atom. The van der Waals surface area contributed by atoms with E-state index in [1.807, 2.05) is 0 Å². The van der Waals surface area contributed by atoms with Gasteiger partial charge in [-0.25, -0.2) is 4.98 Å². The SMILES string of the molecule is Cc1nc(CCCN)cc(=O)[nH]1. The fourth-order valence-electron chi connectivity index (χ4n) is 1.05. The highest BCUT2D eigenvalue weighted by Crippen LogP contribution is 1.94. The molecule has 0 spiro atoms. The minimum absolute atomic E-state index is 0.0884. The van der Waals surface area contributed by atoms with Gasteiger partial charge in [-0.15, -0.1) is 0 Å². The van der Waals surface area contributed by atoms with E-state index in [1.165, 1.54) is 6.07 Å². The molecule has 0 aromatic carbocycles. The first-order chi connectivity index (χ1) is 5.72. The summed E-state index contributed by atoms with van der Waals surface area (Å²) in [6.45, 7) is 2.40. The summed E-state index contributed by atoms with van der Waals surface area (Å²) in [5.74, 6) is 0.662. The van der Waals surface area contributed by atoms with Crippen molar-refractivity contribution in [1.29, 1.82) is 0 Å². The number of rotatable bonds is 3. The molecule has 4 heteroatoms. The fourth-order valence-corrected chi connectivity index (χ4v) is 1.05. The normalized spacial score (nSPS) is 10.2. The molecule has 0 aliphatic rings. The summed E-state index contributed by atoms with van der Waals surface area (Å²) in [5, 5.41) is 0. The molecule has 0 fully saturated rings. The molecule has 4 nitrogen and oxygen atoms in total. The summed E-state index contributed by atoms with van der Waals surface area (Å²) in [7, 11) is 0. The summed E-state index contributed by atoms with van der Waals surface area (Å²) in [6.07, 6.45) is 1.65. The van der Waals surface area contributed by atoms with Crippen LogP contribution in [0.3, 0.4) is 0 Å². The fraction of sp³-hybridized carbons (Fsp3) is 0.500. The van der Waals surface area contributed by atoms with E-state index in [4.69, 9.17) is 5.73 Å². The standard InChI is InChI=1S/C8H13N3O/c1-6-10-7(3-2-4-9)5-8(12)11-6/h5H,2-4,9H2,1H3,(H,10,11,12). The van der Waals surface area contributed by atoms with Crippen LogP contribution in [0.5, 0.6) is 0 Å². The van der Waals surface area contributed by atoms with E-state index in [-0.39, 0.29) is 5.56 Å². The third kappa shape index (κ3) is 2.47. The number of nitrogens with one attached hydrogen (secondary N) is 1. The van der Waals surface area contributed by atoms with Crippen LogP contribution in [-0.4, -0.2) is 16.5 Å². The Hall–Kier alpha value is -1.16. The van der Waals surface area contributed by atoms with Crippen LogP contribution in [0.25, 0.3) is 0 Å². The van der Waals surface area contributed by atoms with E-state index >= 15 is 0 Å². The van der Waals surface area contributed by atoms with Crippen LogP contribution in [0.1, 0.15) is 17.9 Å². The van der Waals surface area contributed by atoms with Gasteiger partial charge in [-0.05, 0) is 26.3 Å². The zero-order valence-electron chi connectivity index (χ0n) is 7.13. The van der Waals surface area contributed by atoms with Crippen LogP contribution in [0.4, 0.5) is 0 Å². The van der Waals surface area contributed by atoms with Crippen molar-refractivity contribution < 1.29 is 0 Å². The van der Waals surface area contributed by atoms with Gasteiger partial charge in [0.1, 0.15) is 5.82 Å². The van der Waals surface area contributed by atoms with Crippen molar-refractivity contribution in [1.82, 2.24) is 9.97 Å². The Morgan fingerprint density at radius 2 is 2.42 bits per heavy atom. The predicted molar refractivity (Wildman–Crippen MR) is 47.0 cm³/mol. The first kappa shape index (κ1) is 8.93. The average molecular weight is 167 g/mol. The highest BCUT2D eigenvalue weighted by molar-refractivity contribution is 5.01. The van der Waals surface area contributed by atoms with Gasteiger partial charge in [-0.1, -0.05) is 0 Å². The zero-order valence-corrected chi connectivity index (χ0v) is 7.13. The quantitative estimate of drug-likeness (QED) is 0.664. The molecule has 0 aliphatic heterocycles. The molecule has 0 saturated carbocycles. The summed E-state index contributed by atoms with van der Waals surface area (Å²) in [4.78, 5) is 17.7. The summed E-state index contributed by atoms with van der Waals surface area (Å²) in [6, 6.07) is 1.52. The van der Waals surface area contributed by atoms with Gasteiger partial charge in [0.05, 0.1) is 0 Å². The molecule has 1 aromatic heterocycles. The zero-order chi connectivity index (χ0) is 8.97. The van der Waals surface area contributed by atoms with Gasteiger partial charge in [0.15, 0.2) is 0 Å². The second-order valence-corrected chi connectivity index (χ2v) is 2.71.